The predicted octanol–water partition coefficient (Wildman–Crippen LogP) is 5.87. The Labute approximate surface area is 305 Å². The first-order valence-electron chi connectivity index (χ1n) is 18.8. The first kappa shape index (κ1) is 35.3. The number of rotatable bonds is 9. The first-order valence-corrected chi connectivity index (χ1v) is 18.8. The summed E-state index contributed by atoms with van der Waals surface area (Å²) in [7, 11) is 0. The van der Waals surface area contributed by atoms with Gasteiger partial charge in [0.05, 0.1) is 6.42 Å². The van der Waals surface area contributed by atoms with Crippen molar-refractivity contribution in [2.45, 2.75) is 76.0 Å². The molecule has 3 aromatic rings. The number of likely N-dealkylation sites (tertiary alicyclic amines) is 3. The maximum atomic E-state index is 14.0. The second-order valence-corrected chi connectivity index (χ2v) is 14.3. The minimum absolute atomic E-state index is 0.00409. The highest BCUT2D eigenvalue weighted by Crippen LogP contribution is 2.28. The lowest BCUT2D eigenvalue weighted by Crippen LogP contribution is -2.56. The fraction of sp³-hybridized carbons (Fsp3) is 0.450. The minimum atomic E-state index is -1.01. The Bertz CT molecular complexity index is 1700. The number of urea groups is 2. The van der Waals surface area contributed by atoms with Crippen molar-refractivity contribution < 1.29 is 23.9 Å². The summed E-state index contributed by atoms with van der Waals surface area (Å²) in [6.45, 7) is 4.91. The Hall–Kier alpha value is -5.10. The molecular formula is C40H49N7O5. The molecule has 7 rings (SSSR count). The molecule has 0 aromatic heterocycles. The topological polar surface area (TPSA) is 127 Å². The molecule has 3 N–H and O–H groups in total. The molecule has 12 heteroatoms. The summed E-state index contributed by atoms with van der Waals surface area (Å²) in [6, 6.07) is 23.0. The summed E-state index contributed by atoms with van der Waals surface area (Å²) in [4.78, 5) is 62.0. The quantitative estimate of drug-likeness (QED) is 0.255. The average Bonchev–Trinajstić information content (AvgIpc) is 3.18. The van der Waals surface area contributed by atoms with Gasteiger partial charge in [0.15, 0.2) is 0 Å². The summed E-state index contributed by atoms with van der Waals surface area (Å²) in [6.07, 6.45) is 6.65. The van der Waals surface area contributed by atoms with Crippen molar-refractivity contribution in [2.24, 2.45) is 0 Å². The lowest BCUT2D eigenvalue weighted by molar-refractivity contribution is -0.140. The first-order chi connectivity index (χ1) is 25.4. The van der Waals surface area contributed by atoms with Gasteiger partial charge in [-0.3, -0.25) is 9.59 Å². The monoisotopic (exact) mass is 707 g/mol. The van der Waals surface area contributed by atoms with Crippen LogP contribution in [0.15, 0.2) is 78.9 Å². The number of benzene rings is 3. The number of ether oxygens (including phenoxy) is 1. The fourth-order valence-corrected chi connectivity index (χ4v) is 7.96. The van der Waals surface area contributed by atoms with Crippen LogP contribution in [-0.4, -0.2) is 101 Å². The van der Waals surface area contributed by atoms with Crippen LogP contribution >= 0.6 is 0 Å². The van der Waals surface area contributed by atoms with Gasteiger partial charge in [0, 0.05) is 56.2 Å². The smallest absolute Gasteiger partial charge is 0.322 e. The highest BCUT2D eigenvalue weighted by atomic mass is 16.5. The SMILES string of the molecule is O=C(Nc1ccc(Oc2ccccc2)cc1)N[C@@H](CC(=O)N1CCC(N2Cc3ccccc3NC2=O)CC1)C(=O)N1CCC(N2CCCCC2)CC1. The molecule has 0 radical (unpaired) electrons. The summed E-state index contributed by atoms with van der Waals surface area (Å²) < 4.78 is 5.86. The molecular weight excluding hydrogens is 658 g/mol. The molecule has 0 bridgehead atoms. The van der Waals surface area contributed by atoms with Crippen LogP contribution in [0.1, 0.15) is 56.9 Å². The van der Waals surface area contributed by atoms with E-state index in [1.54, 1.807) is 29.2 Å². The summed E-state index contributed by atoms with van der Waals surface area (Å²) in [5.41, 5.74) is 2.44. The third kappa shape index (κ3) is 8.67. The molecule has 1 atom stereocenters. The molecule has 3 saturated heterocycles. The zero-order valence-corrected chi connectivity index (χ0v) is 29.7. The number of para-hydroxylation sites is 2. The van der Waals surface area contributed by atoms with Gasteiger partial charge in [-0.2, -0.15) is 0 Å². The number of piperidine rings is 3. The lowest BCUT2D eigenvalue weighted by Gasteiger charge is -2.41. The van der Waals surface area contributed by atoms with E-state index in [1.165, 1.54) is 19.3 Å². The lowest BCUT2D eigenvalue weighted by atomic mass is 9.98. The predicted molar refractivity (Wildman–Crippen MR) is 199 cm³/mol. The fourth-order valence-electron chi connectivity index (χ4n) is 7.96. The number of carbonyl (C=O) groups excluding carboxylic acids is 4. The van der Waals surface area contributed by atoms with Crippen molar-refractivity contribution in [2.75, 3.05) is 49.9 Å². The summed E-state index contributed by atoms with van der Waals surface area (Å²) in [5.74, 6) is 0.916. The van der Waals surface area contributed by atoms with Crippen LogP contribution in [0.25, 0.3) is 0 Å². The van der Waals surface area contributed by atoms with E-state index in [0.29, 0.717) is 68.8 Å². The normalized spacial score (nSPS) is 19.3. The Kier molecular flexibility index (Phi) is 11.2. The van der Waals surface area contributed by atoms with Crippen LogP contribution < -0.4 is 20.7 Å². The summed E-state index contributed by atoms with van der Waals surface area (Å²) >= 11 is 0. The van der Waals surface area contributed by atoms with Crippen molar-refractivity contribution in [3.8, 4) is 11.5 Å². The molecule has 3 aromatic carbocycles. The zero-order valence-electron chi connectivity index (χ0n) is 29.7. The molecule has 3 fully saturated rings. The minimum Gasteiger partial charge on any atom is -0.457 e. The van der Waals surface area contributed by atoms with E-state index in [-0.39, 0.29) is 30.3 Å². The molecule has 4 aliphatic heterocycles. The van der Waals surface area contributed by atoms with Crippen LogP contribution in [-0.2, 0) is 16.1 Å². The largest absolute Gasteiger partial charge is 0.457 e. The molecule has 0 unspecified atom stereocenters. The molecule has 52 heavy (non-hydrogen) atoms. The standard InChI is InChI=1S/C40H49N7O5/c48-37(45-23-19-32(20-24-45)47-28-29-9-5-6-12-35(29)43-40(47)51)27-36(38(49)46-25-17-31(18-26-46)44-21-7-2-8-22-44)42-39(50)41-30-13-15-34(16-14-30)52-33-10-3-1-4-11-33/h1,3-6,9-16,31-32,36H,2,7-8,17-28H2,(H,43,51)(H2,41,42,50)/t36-/m0/s1. The molecule has 4 aliphatic rings. The number of nitrogens with one attached hydrogen (secondary N) is 3. The highest BCUT2D eigenvalue weighted by Gasteiger charge is 2.36. The van der Waals surface area contributed by atoms with Gasteiger partial charge in [0.25, 0.3) is 0 Å². The number of amides is 6. The van der Waals surface area contributed by atoms with Gasteiger partial charge in [0.1, 0.15) is 17.5 Å². The van der Waals surface area contributed by atoms with Crippen LogP contribution in [0.5, 0.6) is 11.5 Å². The van der Waals surface area contributed by atoms with Gasteiger partial charge in [-0.15, -0.1) is 0 Å². The number of fused-ring (bicyclic) bond motifs is 1. The van der Waals surface area contributed by atoms with Crippen molar-refractivity contribution in [3.63, 3.8) is 0 Å². The van der Waals surface area contributed by atoms with Gasteiger partial charge in [-0.1, -0.05) is 42.8 Å². The molecule has 0 saturated carbocycles. The van der Waals surface area contributed by atoms with Crippen LogP contribution in [0.2, 0.25) is 0 Å². The Morgan fingerprint density at radius 1 is 0.731 bits per heavy atom. The third-order valence-electron chi connectivity index (χ3n) is 10.9. The van der Waals surface area contributed by atoms with E-state index < -0.39 is 12.1 Å². The van der Waals surface area contributed by atoms with E-state index in [9.17, 15) is 19.2 Å². The zero-order chi connectivity index (χ0) is 35.9. The Morgan fingerprint density at radius 2 is 1.37 bits per heavy atom. The van der Waals surface area contributed by atoms with Crippen molar-refractivity contribution >= 4 is 35.3 Å². The molecule has 274 valence electrons. The van der Waals surface area contributed by atoms with Crippen molar-refractivity contribution in [3.05, 3.63) is 84.4 Å². The second kappa shape index (κ2) is 16.5. The number of hydrogen-bond acceptors (Lipinski definition) is 6. The number of hydrogen-bond donors (Lipinski definition) is 3. The molecule has 0 spiro atoms. The van der Waals surface area contributed by atoms with Crippen LogP contribution in [0, 0.1) is 0 Å². The van der Waals surface area contributed by atoms with E-state index in [1.807, 2.05) is 64.4 Å². The molecule has 12 nitrogen and oxygen atoms in total. The van der Waals surface area contributed by atoms with Crippen molar-refractivity contribution in [1.82, 2.24) is 24.9 Å². The Balaban J connectivity index is 0.967. The summed E-state index contributed by atoms with van der Waals surface area (Å²) in [5, 5.41) is 8.66. The maximum absolute atomic E-state index is 14.0. The molecule has 4 heterocycles. The van der Waals surface area contributed by atoms with Gasteiger partial charge >= 0.3 is 12.1 Å². The van der Waals surface area contributed by atoms with E-state index in [0.717, 1.165) is 37.2 Å². The van der Waals surface area contributed by atoms with Crippen molar-refractivity contribution in [1.29, 1.82) is 0 Å². The molecule has 0 aliphatic carbocycles. The highest BCUT2D eigenvalue weighted by molar-refractivity contribution is 5.96. The van der Waals surface area contributed by atoms with Gasteiger partial charge in [-0.25, -0.2) is 9.59 Å². The van der Waals surface area contributed by atoms with Gasteiger partial charge in [-0.05, 0) is 99.6 Å². The van der Waals surface area contributed by atoms with Gasteiger partial charge < -0.3 is 40.3 Å². The van der Waals surface area contributed by atoms with E-state index >= 15 is 0 Å². The Morgan fingerprint density at radius 3 is 2.10 bits per heavy atom. The van der Waals surface area contributed by atoms with E-state index in [2.05, 4.69) is 20.9 Å². The number of carbonyl (C=O) groups is 4. The number of anilines is 2. The second-order valence-electron chi connectivity index (χ2n) is 14.3. The third-order valence-corrected chi connectivity index (χ3v) is 10.9. The molecule has 6 amide bonds. The maximum Gasteiger partial charge on any atom is 0.322 e. The van der Waals surface area contributed by atoms with E-state index in [4.69, 9.17) is 4.74 Å². The van der Waals surface area contributed by atoms with Gasteiger partial charge in [0.2, 0.25) is 11.8 Å². The average molecular weight is 708 g/mol. The van der Waals surface area contributed by atoms with Crippen LogP contribution in [0.4, 0.5) is 21.0 Å². The number of nitrogens with zero attached hydrogens (tertiary/aromatic N) is 4. The van der Waals surface area contributed by atoms with Crippen LogP contribution in [0.3, 0.4) is 0 Å².